The van der Waals surface area contributed by atoms with Crippen molar-refractivity contribution >= 4 is 41.6 Å². The number of ether oxygens (including phenoxy) is 1. The van der Waals surface area contributed by atoms with E-state index >= 15 is 4.39 Å². The molecule has 0 unspecified atom stereocenters. The molecule has 10 heteroatoms. The third-order valence-corrected chi connectivity index (χ3v) is 15.6. The van der Waals surface area contributed by atoms with Gasteiger partial charge in [0.25, 0.3) is 0 Å². The molecule has 2 aromatic rings. The van der Waals surface area contributed by atoms with Crippen LogP contribution < -0.4 is 13.3 Å². The van der Waals surface area contributed by atoms with E-state index < -0.39 is 32.9 Å². The molecule has 0 spiro atoms. The fourth-order valence-electron chi connectivity index (χ4n) is 7.82. The average molecular weight is 721 g/mol. The molecule has 7 nitrogen and oxygen atoms in total. The van der Waals surface area contributed by atoms with E-state index in [0.717, 1.165) is 64.3 Å². The first-order chi connectivity index (χ1) is 21.1. The van der Waals surface area contributed by atoms with Crippen molar-refractivity contribution in [2.45, 2.75) is 138 Å². The first kappa shape index (κ1) is 34.0. The second kappa shape index (κ2) is 14.6. The predicted molar refractivity (Wildman–Crippen MR) is 175 cm³/mol. The van der Waals surface area contributed by atoms with Crippen LogP contribution in [-0.2, 0) is 0 Å². The molecule has 1 N–H and O–H groups in total. The molecule has 5 rings (SSSR count). The van der Waals surface area contributed by atoms with Crippen LogP contribution in [0.4, 0.5) is 14.6 Å². The number of unbranched alkanes of at least 4 members (excludes halogenated alkanes) is 3. The van der Waals surface area contributed by atoms with Gasteiger partial charge in [-0.05, 0) is 0 Å². The number of pyridine rings is 1. The van der Waals surface area contributed by atoms with Crippen molar-refractivity contribution in [3.8, 4) is 6.01 Å². The Morgan fingerprint density at radius 1 is 1.05 bits per heavy atom. The maximum absolute atomic E-state index is 16.8. The van der Waals surface area contributed by atoms with Gasteiger partial charge in [-0.3, -0.25) is 0 Å². The van der Waals surface area contributed by atoms with Gasteiger partial charge in [-0.25, -0.2) is 0 Å². The van der Waals surface area contributed by atoms with E-state index in [9.17, 15) is 9.50 Å². The Hall–Kier alpha value is -1.33. The zero-order valence-electron chi connectivity index (χ0n) is 27.4. The van der Waals surface area contributed by atoms with Crippen LogP contribution >= 0.6 is 0 Å². The van der Waals surface area contributed by atoms with Crippen molar-refractivity contribution in [1.29, 1.82) is 0 Å². The third kappa shape index (κ3) is 7.62. The van der Waals surface area contributed by atoms with E-state index in [-0.39, 0.29) is 26.3 Å². The number of rotatable bonds is 15. The van der Waals surface area contributed by atoms with E-state index in [4.69, 9.17) is 19.7 Å². The summed E-state index contributed by atoms with van der Waals surface area (Å²) in [4.78, 5) is 18.6. The molecular formula is C34H53F2N5O2Sn. The van der Waals surface area contributed by atoms with Gasteiger partial charge >= 0.3 is 274 Å². The van der Waals surface area contributed by atoms with Gasteiger partial charge in [-0.2, -0.15) is 0 Å². The first-order valence-electron chi connectivity index (χ1n) is 17.3. The molecule has 5 heterocycles. The summed E-state index contributed by atoms with van der Waals surface area (Å²) in [6.07, 6.45) is 15.2. The molecule has 244 valence electrons. The fraction of sp³-hybridized carbons (Fsp3) is 0.794. The van der Waals surface area contributed by atoms with E-state index in [1.807, 2.05) is 11.8 Å². The summed E-state index contributed by atoms with van der Waals surface area (Å²) in [6.45, 7) is 11.3. The molecule has 0 saturated carbocycles. The van der Waals surface area contributed by atoms with Crippen molar-refractivity contribution in [3.05, 3.63) is 12.0 Å². The van der Waals surface area contributed by atoms with Crippen LogP contribution in [0.3, 0.4) is 0 Å². The molecule has 44 heavy (non-hydrogen) atoms. The molecule has 2 radical (unpaired) electrons. The number of hydrogen-bond donors (Lipinski definition) is 1. The van der Waals surface area contributed by atoms with Crippen LogP contribution in [0.25, 0.3) is 10.9 Å². The zero-order valence-corrected chi connectivity index (χ0v) is 30.3. The van der Waals surface area contributed by atoms with Crippen molar-refractivity contribution in [2.24, 2.45) is 0 Å². The molecule has 0 amide bonds. The van der Waals surface area contributed by atoms with Gasteiger partial charge in [0.15, 0.2) is 0 Å². The van der Waals surface area contributed by atoms with E-state index in [2.05, 4.69) is 25.7 Å². The van der Waals surface area contributed by atoms with E-state index in [0.29, 0.717) is 54.0 Å². The Morgan fingerprint density at radius 3 is 2.39 bits per heavy atom. The first-order valence-corrected chi connectivity index (χ1v) is 20.1. The molecular weight excluding hydrogens is 667 g/mol. The Bertz CT molecular complexity index is 1240. The fourth-order valence-corrected chi connectivity index (χ4v) is 12.9. The van der Waals surface area contributed by atoms with Crippen LogP contribution in [0, 0.1) is 5.82 Å². The van der Waals surface area contributed by atoms with Crippen LogP contribution in [0.1, 0.15) is 118 Å². The summed E-state index contributed by atoms with van der Waals surface area (Å²) in [5.74, 6) is 0.253. The molecule has 0 aromatic carbocycles. The van der Waals surface area contributed by atoms with Crippen molar-refractivity contribution < 1.29 is 18.6 Å². The summed E-state index contributed by atoms with van der Waals surface area (Å²) in [7, 11) is 0. The molecule has 0 bridgehead atoms. The van der Waals surface area contributed by atoms with Crippen LogP contribution in [-0.4, -0.2) is 96.2 Å². The summed E-state index contributed by atoms with van der Waals surface area (Å²) >= 11 is -1.45. The van der Waals surface area contributed by atoms with Gasteiger partial charge in [0, 0.05) is 0 Å². The number of aliphatic hydroxyl groups is 1. The van der Waals surface area contributed by atoms with Crippen LogP contribution in [0.5, 0.6) is 6.01 Å². The van der Waals surface area contributed by atoms with Gasteiger partial charge in [0.1, 0.15) is 0 Å². The van der Waals surface area contributed by atoms with Crippen LogP contribution in [0.15, 0.2) is 6.20 Å². The normalized spacial score (nSPS) is 26.1. The van der Waals surface area contributed by atoms with Gasteiger partial charge in [-0.1, -0.05) is 0 Å². The van der Waals surface area contributed by atoms with E-state index in [1.54, 1.807) is 6.20 Å². The van der Waals surface area contributed by atoms with Crippen LogP contribution in [0.2, 0.25) is 3.43 Å². The number of halogens is 2. The number of piperidine rings is 1. The Balaban J connectivity index is 1.53. The number of β-amino-alcohol motifs (C(OH)–C–C–N with tert-alkyl or cyclic N) is 1. The monoisotopic (exact) mass is 721 g/mol. The third-order valence-electron chi connectivity index (χ3n) is 10.3. The number of hydrogen-bond acceptors (Lipinski definition) is 7. The Labute approximate surface area is 273 Å². The zero-order chi connectivity index (χ0) is 31.4. The minimum absolute atomic E-state index is 0.136. The molecule has 3 fully saturated rings. The molecule has 0 aliphatic carbocycles. The number of aromatic nitrogens is 3. The summed E-state index contributed by atoms with van der Waals surface area (Å²) < 4.78 is 38.3. The number of alkyl halides is 1. The summed E-state index contributed by atoms with van der Waals surface area (Å²) in [5.41, 5.74) is -0.940. The standard InChI is InChI=1S/C21H26F2N5O2.C13H27.Sn/c1-20(29)4-2-6-27(12-20)18-15-9-24-10-16(23)17(15)25-19(26-18)30-13-21-5-3-7-28(21)11-14(22)8-21;1-4-7-10-13(11-8-5-2)12-9-6-3;/h9,14,29H,2-8,11-13H2,1H3;4-12H2,1-3H3;/t14-,20-,21+;;/m1../s1. The Kier molecular flexibility index (Phi) is 11.3. The molecule has 3 saturated heterocycles. The topological polar surface area (TPSA) is 74.6 Å². The second-order valence-electron chi connectivity index (χ2n) is 14.1. The number of nitrogens with zero attached hydrogens (tertiary/aromatic N) is 5. The minimum atomic E-state index is -1.45. The second-order valence-corrected chi connectivity index (χ2v) is 19.2. The molecule has 3 atom stereocenters. The van der Waals surface area contributed by atoms with Crippen molar-refractivity contribution in [1.82, 2.24) is 19.9 Å². The Morgan fingerprint density at radius 2 is 1.73 bits per heavy atom. The molecule has 3 aliphatic heterocycles. The van der Waals surface area contributed by atoms with Gasteiger partial charge in [-0.15, -0.1) is 0 Å². The summed E-state index contributed by atoms with van der Waals surface area (Å²) in [6, 6.07) is 0.136. The van der Waals surface area contributed by atoms with Crippen molar-refractivity contribution in [3.63, 3.8) is 0 Å². The van der Waals surface area contributed by atoms with Gasteiger partial charge < -0.3 is 0 Å². The number of fused-ring (bicyclic) bond motifs is 2. The van der Waals surface area contributed by atoms with Crippen molar-refractivity contribution in [2.75, 3.05) is 37.7 Å². The SMILES string of the molecule is CCCC[C](CCCC)(CCCC)[Sn][c]1ncc2c(N3CCC[C@@](C)(O)C3)nc(OC[C@@]34CCCN3C[C@H](F)C4)nc2c1F. The van der Waals surface area contributed by atoms with Gasteiger partial charge in [0.2, 0.25) is 0 Å². The summed E-state index contributed by atoms with van der Waals surface area (Å²) in [5, 5.41) is 11.5. The van der Waals surface area contributed by atoms with E-state index in [1.165, 1.54) is 19.3 Å². The quantitative estimate of drug-likeness (QED) is 0.210. The molecule has 3 aliphatic rings. The van der Waals surface area contributed by atoms with Gasteiger partial charge in [0.05, 0.1) is 0 Å². The predicted octanol–water partition coefficient (Wildman–Crippen LogP) is 6.53. The molecule has 2 aromatic heterocycles. The maximum atomic E-state index is 16.8. The average Bonchev–Trinajstić information content (AvgIpc) is 3.53. The number of anilines is 1.